The summed E-state index contributed by atoms with van der Waals surface area (Å²) in [7, 11) is 0. The van der Waals surface area contributed by atoms with E-state index in [9.17, 15) is 9.59 Å². The van der Waals surface area contributed by atoms with Crippen LogP contribution in [-0.2, 0) is 16.1 Å². The number of rotatable bonds is 6. The molecule has 0 spiro atoms. The Hall–Kier alpha value is -1.11. The van der Waals surface area contributed by atoms with E-state index in [1.54, 1.807) is 6.07 Å². The molecular formula is C14H19BrClN3O2. The van der Waals surface area contributed by atoms with Crippen molar-refractivity contribution in [2.45, 2.75) is 26.4 Å². The van der Waals surface area contributed by atoms with E-state index in [2.05, 4.69) is 26.6 Å². The van der Waals surface area contributed by atoms with E-state index < -0.39 is 6.04 Å². The maximum Gasteiger partial charge on any atom is 0.239 e. The average molecular weight is 377 g/mol. The van der Waals surface area contributed by atoms with Crippen LogP contribution < -0.4 is 16.4 Å². The van der Waals surface area contributed by atoms with E-state index in [-0.39, 0.29) is 24.3 Å². The number of halogens is 2. The molecule has 0 fully saturated rings. The third kappa shape index (κ3) is 6.03. The van der Waals surface area contributed by atoms with E-state index >= 15 is 0 Å². The van der Waals surface area contributed by atoms with Crippen molar-refractivity contribution >= 4 is 39.3 Å². The van der Waals surface area contributed by atoms with Crippen molar-refractivity contribution in [1.82, 2.24) is 10.6 Å². The Morgan fingerprint density at radius 1 is 1.33 bits per heavy atom. The molecule has 21 heavy (non-hydrogen) atoms. The molecule has 7 heteroatoms. The molecule has 1 atom stereocenters. The molecule has 0 aliphatic rings. The number of carbonyl (C=O) groups excluding carboxylic acids is 2. The van der Waals surface area contributed by atoms with Crippen molar-refractivity contribution in [1.29, 1.82) is 0 Å². The van der Waals surface area contributed by atoms with E-state index in [1.165, 1.54) is 0 Å². The second kappa shape index (κ2) is 8.36. The Labute approximate surface area is 137 Å². The van der Waals surface area contributed by atoms with Gasteiger partial charge in [-0.05, 0) is 23.6 Å². The number of hydrogen-bond acceptors (Lipinski definition) is 3. The second-order valence-corrected chi connectivity index (χ2v) is 6.32. The molecule has 0 bridgehead atoms. The first kappa shape index (κ1) is 17.9. The summed E-state index contributed by atoms with van der Waals surface area (Å²) in [5.41, 5.74) is 6.48. The standard InChI is InChI=1S/C14H19BrClN3O2/c1-8(2)13(17)14(21)19-7-12(20)18-6-9-3-4-10(15)5-11(9)16/h3-5,8,13H,6-7,17H2,1-2H3,(H,18,20)(H,19,21)/t13-/m0/s1. The number of benzene rings is 1. The van der Waals surface area contributed by atoms with Gasteiger partial charge in [0, 0.05) is 16.0 Å². The number of nitrogens with one attached hydrogen (secondary N) is 2. The van der Waals surface area contributed by atoms with E-state index in [1.807, 2.05) is 26.0 Å². The van der Waals surface area contributed by atoms with Crippen LogP contribution in [0.2, 0.25) is 5.02 Å². The summed E-state index contributed by atoms with van der Waals surface area (Å²) in [6.45, 7) is 3.89. The fourth-order valence-corrected chi connectivity index (χ4v) is 2.25. The molecule has 116 valence electrons. The van der Waals surface area contributed by atoms with Gasteiger partial charge in [-0.3, -0.25) is 9.59 Å². The van der Waals surface area contributed by atoms with Crippen molar-refractivity contribution in [3.63, 3.8) is 0 Å². The minimum atomic E-state index is -0.612. The average Bonchev–Trinajstić information content (AvgIpc) is 2.42. The lowest BCUT2D eigenvalue weighted by Gasteiger charge is -2.15. The van der Waals surface area contributed by atoms with Gasteiger partial charge in [0.05, 0.1) is 12.6 Å². The molecule has 1 aromatic carbocycles. The van der Waals surface area contributed by atoms with E-state index in [0.29, 0.717) is 11.6 Å². The fourth-order valence-electron chi connectivity index (χ4n) is 1.51. The van der Waals surface area contributed by atoms with Gasteiger partial charge in [0.1, 0.15) is 0 Å². The maximum absolute atomic E-state index is 11.7. The van der Waals surface area contributed by atoms with Crippen LogP contribution in [0.4, 0.5) is 0 Å². The molecule has 1 aromatic rings. The summed E-state index contributed by atoms with van der Waals surface area (Å²) < 4.78 is 0.873. The first-order valence-electron chi connectivity index (χ1n) is 6.55. The van der Waals surface area contributed by atoms with Gasteiger partial charge in [0.2, 0.25) is 11.8 Å². The number of hydrogen-bond donors (Lipinski definition) is 3. The normalized spacial score (nSPS) is 12.1. The zero-order chi connectivity index (χ0) is 16.0. The zero-order valence-corrected chi connectivity index (χ0v) is 14.3. The molecule has 1 rings (SSSR count). The van der Waals surface area contributed by atoms with Crippen molar-refractivity contribution in [2.75, 3.05) is 6.54 Å². The summed E-state index contributed by atoms with van der Waals surface area (Å²) in [5, 5.41) is 5.76. The van der Waals surface area contributed by atoms with Crippen LogP contribution in [0, 0.1) is 5.92 Å². The lowest BCUT2D eigenvalue weighted by Crippen LogP contribution is -2.47. The molecule has 2 amide bonds. The first-order chi connectivity index (χ1) is 9.81. The van der Waals surface area contributed by atoms with Crippen LogP contribution >= 0.6 is 27.5 Å². The SMILES string of the molecule is CC(C)[C@H](N)C(=O)NCC(=O)NCc1ccc(Br)cc1Cl. The van der Waals surface area contributed by atoms with Crippen LogP contribution in [0.1, 0.15) is 19.4 Å². The van der Waals surface area contributed by atoms with Crippen LogP contribution in [-0.4, -0.2) is 24.4 Å². The minimum absolute atomic E-state index is 0.0228. The molecule has 0 aromatic heterocycles. The van der Waals surface area contributed by atoms with Gasteiger partial charge in [-0.15, -0.1) is 0 Å². The van der Waals surface area contributed by atoms with Gasteiger partial charge in [-0.2, -0.15) is 0 Å². The molecule has 5 nitrogen and oxygen atoms in total. The topological polar surface area (TPSA) is 84.2 Å². The summed E-state index contributed by atoms with van der Waals surface area (Å²) in [6, 6.07) is 4.81. The molecular weight excluding hydrogens is 358 g/mol. The Kier molecular flexibility index (Phi) is 7.14. The van der Waals surface area contributed by atoms with Crippen LogP contribution in [0.3, 0.4) is 0 Å². The lowest BCUT2D eigenvalue weighted by atomic mass is 10.1. The Bertz CT molecular complexity index is 523. The van der Waals surface area contributed by atoms with Gasteiger partial charge < -0.3 is 16.4 Å². The summed E-state index contributed by atoms with van der Waals surface area (Å²) >= 11 is 9.36. The van der Waals surface area contributed by atoms with E-state index in [0.717, 1.165) is 10.0 Å². The Morgan fingerprint density at radius 3 is 2.57 bits per heavy atom. The molecule has 0 heterocycles. The lowest BCUT2D eigenvalue weighted by molar-refractivity contribution is -0.127. The van der Waals surface area contributed by atoms with Crippen molar-refractivity contribution in [3.8, 4) is 0 Å². The highest BCUT2D eigenvalue weighted by molar-refractivity contribution is 9.10. The smallest absolute Gasteiger partial charge is 0.239 e. The number of nitrogens with two attached hydrogens (primary N) is 1. The van der Waals surface area contributed by atoms with Crippen LogP contribution in [0.5, 0.6) is 0 Å². The Morgan fingerprint density at radius 2 is 2.00 bits per heavy atom. The first-order valence-corrected chi connectivity index (χ1v) is 7.72. The Balaban J connectivity index is 2.39. The highest BCUT2D eigenvalue weighted by Crippen LogP contribution is 2.20. The second-order valence-electron chi connectivity index (χ2n) is 5.00. The van der Waals surface area contributed by atoms with Crippen molar-refractivity contribution in [2.24, 2.45) is 11.7 Å². The van der Waals surface area contributed by atoms with Crippen molar-refractivity contribution < 1.29 is 9.59 Å². The molecule has 0 unspecified atom stereocenters. The van der Waals surface area contributed by atoms with Crippen molar-refractivity contribution in [3.05, 3.63) is 33.3 Å². The predicted molar refractivity (Wildman–Crippen MR) is 86.8 cm³/mol. The van der Waals surface area contributed by atoms with Gasteiger partial charge in [0.15, 0.2) is 0 Å². The summed E-state index contributed by atoms with van der Waals surface area (Å²) in [6.07, 6.45) is 0. The highest BCUT2D eigenvalue weighted by atomic mass is 79.9. The van der Waals surface area contributed by atoms with Crippen LogP contribution in [0.25, 0.3) is 0 Å². The molecule has 0 aliphatic carbocycles. The minimum Gasteiger partial charge on any atom is -0.350 e. The molecule has 0 saturated carbocycles. The molecule has 0 saturated heterocycles. The fraction of sp³-hybridized carbons (Fsp3) is 0.429. The number of carbonyl (C=O) groups is 2. The third-order valence-electron chi connectivity index (χ3n) is 2.94. The monoisotopic (exact) mass is 375 g/mol. The van der Waals surface area contributed by atoms with Gasteiger partial charge in [-0.1, -0.05) is 47.4 Å². The van der Waals surface area contributed by atoms with Gasteiger partial charge in [-0.25, -0.2) is 0 Å². The van der Waals surface area contributed by atoms with Gasteiger partial charge in [0.25, 0.3) is 0 Å². The molecule has 4 N–H and O–H groups in total. The molecule has 0 radical (unpaired) electrons. The summed E-state index contributed by atoms with van der Waals surface area (Å²) in [5.74, 6) is -0.602. The maximum atomic E-state index is 11.7. The van der Waals surface area contributed by atoms with Crippen LogP contribution in [0.15, 0.2) is 22.7 Å². The molecule has 0 aliphatic heterocycles. The largest absolute Gasteiger partial charge is 0.350 e. The number of amides is 2. The highest BCUT2D eigenvalue weighted by Gasteiger charge is 2.17. The zero-order valence-electron chi connectivity index (χ0n) is 12.0. The quantitative estimate of drug-likeness (QED) is 0.708. The predicted octanol–water partition coefficient (Wildman–Crippen LogP) is 1.82. The van der Waals surface area contributed by atoms with E-state index in [4.69, 9.17) is 17.3 Å². The van der Waals surface area contributed by atoms with Gasteiger partial charge >= 0.3 is 0 Å². The third-order valence-corrected chi connectivity index (χ3v) is 3.78. The summed E-state index contributed by atoms with van der Waals surface area (Å²) in [4.78, 5) is 23.3.